The van der Waals surface area contributed by atoms with Crippen LogP contribution in [-0.4, -0.2) is 80.2 Å². The van der Waals surface area contributed by atoms with E-state index >= 15 is 0 Å². The first-order chi connectivity index (χ1) is 13.0. The van der Waals surface area contributed by atoms with Gasteiger partial charge < -0.3 is 50.3 Å². The number of hydrogen-bond acceptors (Lipinski definition) is 8. The highest BCUT2D eigenvalue weighted by Gasteiger charge is 2.45. The van der Waals surface area contributed by atoms with Crippen molar-refractivity contribution in [2.45, 2.75) is 37.1 Å². The third kappa shape index (κ3) is 5.79. The highest BCUT2D eigenvalue weighted by molar-refractivity contribution is 7.51. The Labute approximate surface area is 159 Å². The van der Waals surface area contributed by atoms with Crippen molar-refractivity contribution >= 4 is 19.3 Å². The van der Waals surface area contributed by atoms with Crippen molar-refractivity contribution in [3.63, 3.8) is 0 Å². The molecule has 0 spiro atoms. The fourth-order valence-electron chi connectivity index (χ4n) is 2.56. The molecule has 2 rings (SSSR count). The van der Waals surface area contributed by atoms with E-state index in [0.29, 0.717) is 0 Å². The lowest BCUT2D eigenvalue weighted by atomic mass is 9.97. The van der Waals surface area contributed by atoms with Crippen LogP contribution in [0.5, 0.6) is 11.5 Å². The summed E-state index contributed by atoms with van der Waals surface area (Å²) in [6, 6.07) is 3.34. The molecule has 1 fully saturated rings. The molecule has 0 unspecified atom stereocenters. The smallest absolute Gasteiger partial charge is 0.325 e. The molecule has 1 aliphatic rings. The van der Waals surface area contributed by atoms with Gasteiger partial charge in [0.2, 0.25) is 6.29 Å². The molecule has 0 aliphatic carbocycles. The van der Waals surface area contributed by atoms with E-state index in [-0.39, 0.29) is 17.9 Å². The minimum Gasteiger partial charge on any atom is -0.504 e. The Morgan fingerprint density at radius 2 is 1.89 bits per heavy atom. The second-order valence-electron chi connectivity index (χ2n) is 6.20. The van der Waals surface area contributed by atoms with Crippen molar-refractivity contribution in [3.05, 3.63) is 18.2 Å². The number of rotatable bonds is 6. The van der Waals surface area contributed by atoms with Gasteiger partial charge in [0.25, 0.3) is 0 Å². The zero-order valence-electron chi connectivity index (χ0n) is 14.8. The summed E-state index contributed by atoms with van der Waals surface area (Å²) in [6.45, 7) is 0. The van der Waals surface area contributed by atoms with E-state index in [0.717, 1.165) is 0 Å². The number of hydrogen-bond donors (Lipinski definition) is 8. The van der Waals surface area contributed by atoms with Crippen LogP contribution in [0.25, 0.3) is 0 Å². The number of benzene rings is 1. The topological polar surface area (TPSA) is 198 Å². The molecule has 0 bridgehead atoms. The van der Waals surface area contributed by atoms with Crippen molar-refractivity contribution in [3.8, 4) is 11.5 Å². The van der Waals surface area contributed by atoms with Crippen LogP contribution in [0, 0.1) is 0 Å². The average molecular weight is 422 g/mol. The predicted molar refractivity (Wildman–Crippen MR) is 95.0 cm³/mol. The third-order valence-corrected chi connectivity index (χ3v) is 4.90. The Kier molecular flexibility index (Phi) is 7.23. The summed E-state index contributed by atoms with van der Waals surface area (Å²) in [4.78, 5) is 29.2. The van der Waals surface area contributed by atoms with Crippen LogP contribution in [0.1, 0.15) is 6.42 Å². The standard InChI is InChI=1S/C15H23N2O10P/c1-16-15(22)17-7-2-3-9(8(18)6-7)26-14-13(21)12(20)11(19)10(27-14)4-5-28(23,24)25/h2-3,6,10-14,18-21H,4-5H2,1H3,(H2,16,17,22)(H2,23,24,25)/t10-,11-,12+,13+,14+/m1/s1. The van der Waals surface area contributed by atoms with Crippen molar-refractivity contribution in [1.29, 1.82) is 0 Å². The number of aliphatic hydroxyl groups is 3. The average Bonchev–Trinajstić information content (AvgIpc) is 2.62. The maximum absolute atomic E-state index is 11.3. The predicted octanol–water partition coefficient (Wildman–Crippen LogP) is -1.10. The van der Waals surface area contributed by atoms with Gasteiger partial charge in [-0.25, -0.2) is 4.79 Å². The second kappa shape index (κ2) is 9.05. The minimum absolute atomic E-state index is 0.149. The maximum atomic E-state index is 11.3. The molecule has 1 heterocycles. The Balaban J connectivity index is 2.10. The summed E-state index contributed by atoms with van der Waals surface area (Å²) < 4.78 is 21.7. The number of phenolic OH excluding ortho intramolecular Hbond substituents is 1. The molecular formula is C15H23N2O10P. The van der Waals surface area contributed by atoms with E-state index in [9.17, 15) is 29.8 Å². The number of ether oxygens (including phenoxy) is 2. The first kappa shape index (κ1) is 22.4. The Morgan fingerprint density at radius 1 is 1.21 bits per heavy atom. The van der Waals surface area contributed by atoms with Crippen molar-refractivity contribution in [1.82, 2.24) is 5.32 Å². The van der Waals surface area contributed by atoms with Gasteiger partial charge in [-0.15, -0.1) is 0 Å². The molecule has 8 N–H and O–H groups in total. The van der Waals surface area contributed by atoms with Crippen molar-refractivity contribution in [2.75, 3.05) is 18.5 Å². The van der Waals surface area contributed by atoms with Gasteiger partial charge in [0.15, 0.2) is 11.5 Å². The van der Waals surface area contributed by atoms with Gasteiger partial charge in [0.05, 0.1) is 12.3 Å². The SMILES string of the molecule is CNC(=O)Nc1ccc(O[C@H]2O[C@H](CCP(=O)(O)O)[C@@H](O)[C@H](O)[C@@H]2O)c(O)c1. The van der Waals surface area contributed by atoms with Crippen LogP contribution in [0.3, 0.4) is 0 Å². The first-order valence-corrected chi connectivity index (χ1v) is 10.0. The monoisotopic (exact) mass is 422 g/mol. The van der Waals surface area contributed by atoms with Crippen LogP contribution in [0.15, 0.2) is 18.2 Å². The van der Waals surface area contributed by atoms with Gasteiger partial charge in [0, 0.05) is 18.8 Å². The Hall–Kier alpha value is -1.92. The number of urea groups is 1. The number of amides is 2. The number of anilines is 1. The highest BCUT2D eigenvalue weighted by atomic mass is 31.2. The van der Waals surface area contributed by atoms with Gasteiger partial charge in [-0.3, -0.25) is 4.57 Å². The molecule has 1 aromatic rings. The number of nitrogens with one attached hydrogen (secondary N) is 2. The quantitative estimate of drug-likeness (QED) is 0.260. The molecular weight excluding hydrogens is 399 g/mol. The Bertz CT molecular complexity index is 742. The fraction of sp³-hybridized carbons (Fsp3) is 0.533. The lowest BCUT2D eigenvalue weighted by molar-refractivity contribution is -0.272. The molecule has 0 radical (unpaired) electrons. The molecule has 1 aliphatic heterocycles. The molecule has 1 aromatic carbocycles. The lowest BCUT2D eigenvalue weighted by Gasteiger charge is -2.40. The number of phenols is 1. The summed E-state index contributed by atoms with van der Waals surface area (Å²) in [5.74, 6) is -0.555. The number of aliphatic hydroxyl groups excluding tert-OH is 3. The molecule has 12 nitrogen and oxygen atoms in total. The summed E-state index contributed by atoms with van der Waals surface area (Å²) in [5.41, 5.74) is 0.254. The van der Waals surface area contributed by atoms with Gasteiger partial charge >= 0.3 is 13.6 Å². The maximum Gasteiger partial charge on any atom is 0.325 e. The number of aromatic hydroxyl groups is 1. The van der Waals surface area contributed by atoms with E-state index < -0.39 is 56.2 Å². The molecule has 5 atom stereocenters. The molecule has 2 amide bonds. The minimum atomic E-state index is -4.36. The van der Waals surface area contributed by atoms with Gasteiger partial charge in [0.1, 0.15) is 18.3 Å². The summed E-state index contributed by atoms with van der Waals surface area (Å²) >= 11 is 0. The second-order valence-corrected chi connectivity index (χ2v) is 7.97. The molecule has 0 saturated carbocycles. The summed E-state index contributed by atoms with van der Waals surface area (Å²) in [6.07, 6.45) is -8.61. The number of carbonyl (C=O) groups is 1. The van der Waals surface area contributed by atoms with E-state index in [1.54, 1.807) is 0 Å². The zero-order chi connectivity index (χ0) is 21.1. The van der Waals surface area contributed by atoms with Crippen molar-refractivity contribution < 1.29 is 49.0 Å². The summed E-state index contributed by atoms with van der Waals surface area (Å²) in [5, 5.41) is 44.8. The van der Waals surface area contributed by atoms with Gasteiger partial charge in [-0.2, -0.15) is 0 Å². The largest absolute Gasteiger partial charge is 0.504 e. The van der Waals surface area contributed by atoms with E-state index in [2.05, 4.69) is 10.6 Å². The lowest BCUT2D eigenvalue weighted by Crippen LogP contribution is -2.59. The zero-order valence-corrected chi connectivity index (χ0v) is 15.7. The molecule has 1 saturated heterocycles. The van der Waals surface area contributed by atoms with Crippen LogP contribution in [0.2, 0.25) is 0 Å². The van der Waals surface area contributed by atoms with Gasteiger partial charge in [-0.1, -0.05) is 0 Å². The van der Waals surface area contributed by atoms with Crippen LogP contribution in [0.4, 0.5) is 10.5 Å². The molecule has 13 heteroatoms. The van der Waals surface area contributed by atoms with Crippen LogP contribution >= 0.6 is 7.60 Å². The normalized spacial score (nSPS) is 27.9. The first-order valence-electron chi connectivity index (χ1n) is 8.24. The van der Waals surface area contributed by atoms with Crippen LogP contribution in [-0.2, 0) is 9.30 Å². The van der Waals surface area contributed by atoms with Crippen LogP contribution < -0.4 is 15.4 Å². The van der Waals surface area contributed by atoms with E-state index in [4.69, 9.17) is 19.3 Å². The highest BCUT2D eigenvalue weighted by Crippen LogP contribution is 2.38. The number of carbonyl (C=O) groups excluding carboxylic acids is 1. The van der Waals surface area contributed by atoms with E-state index in [1.807, 2.05) is 0 Å². The molecule has 0 aromatic heterocycles. The van der Waals surface area contributed by atoms with Crippen molar-refractivity contribution in [2.24, 2.45) is 0 Å². The third-order valence-electron chi connectivity index (χ3n) is 4.06. The fourth-order valence-corrected chi connectivity index (χ4v) is 3.15. The Morgan fingerprint density at radius 3 is 2.46 bits per heavy atom. The molecule has 158 valence electrons. The summed E-state index contributed by atoms with van der Waals surface area (Å²) in [7, 11) is -2.95. The van der Waals surface area contributed by atoms with Gasteiger partial charge in [-0.05, 0) is 18.6 Å². The molecule has 28 heavy (non-hydrogen) atoms. The van der Waals surface area contributed by atoms with E-state index in [1.165, 1.54) is 25.2 Å².